The van der Waals surface area contributed by atoms with E-state index in [0.29, 0.717) is 19.3 Å². The van der Waals surface area contributed by atoms with Crippen LogP contribution in [0, 0.1) is 0 Å². The van der Waals surface area contributed by atoms with E-state index < -0.39 is 99.3 Å². The van der Waals surface area contributed by atoms with E-state index in [1.54, 1.807) is 0 Å². The molecule has 2 heterocycles. The molecule has 0 amide bonds. The first-order chi connectivity index (χ1) is 35.0. The molecule has 4 unspecified atom stereocenters. The molecular weight excluding hydrogens is 925 g/mol. The Morgan fingerprint density at radius 2 is 0.847 bits per heavy atom. The van der Waals surface area contributed by atoms with Crippen molar-refractivity contribution in [3.05, 3.63) is 60.8 Å². The van der Waals surface area contributed by atoms with Crippen molar-refractivity contribution >= 4 is 11.9 Å². The Morgan fingerprint density at radius 1 is 0.444 bits per heavy atom. The van der Waals surface area contributed by atoms with Gasteiger partial charge in [0.05, 0.1) is 19.8 Å². The van der Waals surface area contributed by atoms with Crippen molar-refractivity contribution in [1.29, 1.82) is 0 Å². The molecule has 0 aromatic rings. The molecular formula is C57H98O15. The summed E-state index contributed by atoms with van der Waals surface area (Å²) in [5.74, 6) is -0.991. The first-order valence-electron chi connectivity index (χ1n) is 27.9. The van der Waals surface area contributed by atoms with Gasteiger partial charge < -0.3 is 64.2 Å². The number of unbranched alkanes of at least 4 members (excludes halogenated alkanes) is 19. The summed E-state index contributed by atoms with van der Waals surface area (Å²) in [6.45, 7) is 2.51. The summed E-state index contributed by atoms with van der Waals surface area (Å²) in [5.41, 5.74) is 0. The summed E-state index contributed by atoms with van der Waals surface area (Å²) in [6, 6.07) is 0. The van der Waals surface area contributed by atoms with Crippen LogP contribution in [0.3, 0.4) is 0 Å². The molecule has 2 saturated heterocycles. The van der Waals surface area contributed by atoms with Crippen molar-refractivity contribution in [3.8, 4) is 0 Å². The summed E-state index contributed by atoms with van der Waals surface area (Å²) in [5, 5.41) is 72.2. The second-order valence-corrected chi connectivity index (χ2v) is 19.4. The van der Waals surface area contributed by atoms with Gasteiger partial charge in [0, 0.05) is 12.8 Å². The maximum Gasteiger partial charge on any atom is 0.306 e. The Kier molecular flexibility index (Phi) is 39.4. The molecule has 15 heteroatoms. The zero-order valence-electron chi connectivity index (χ0n) is 44.1. The fourth-order valence-electron chi connectivity index (χ4n) is 8.38. The highest BCUT2D eigenvalue weighted by molar-refractivity contribution is 5.70. The van der Waals surface area contributed by atoms with E-state index in [4.69, 9.17) is 28.4 Å². The van der Waals surface area contributed by atoms with E-state index in [1.807, 2.05) is 6.08 Å². The van der Waals surface area contributed by atoms with Crippen molar-refractivity contribution in [3.63, 3.8) is 0 Å². The Labute approximate surface area is 432 Å². The molecule has 2 rings (SSSR count). The molecule has 0 saturated carbocycles. The van der Waals surface area contributed by atoms with E-state index in [9.17, 15) is 45.3 Å². The maximum atomic E-state index is 13.0. The molecule has 2 aliphatic rings. The quantitative estimate of drug-likeness (QED) is 0.0172. The number of rotatable bonds is 43. The van der Waals surface area contributed by atoms with Crippen LogP contribution in [0.5, 0.6) is 0 Å². The summed E-state index contributed by atoms with van der Waals surface area (Å²) >= 11 is 0. The normalized spacial score (nSPS) is 25.5. The lowest BCUT2D eigenvalue weighted by Gasteiger charge is -2.42. The topological polar surface area (TPSA) is 231 Å². The smallest absolute Gasteiger partial charge is 0.306 e. The fourth-order valence-corrected chi connectivity index (χ4v) is 8.38. The van der Waals surface area contributed by atoms with Gasteiger partial charge in [-0.15, -0.1) is 0 Å². The summed E-state index contributed by atoms with van der Waals surface area (Å²) in [7, 11) is 0. The number of esters is 2. The molecule has 0 aliphatic carbocycles. The third-order valence-corrected chi connectivity index (χ3v) is 13.0. The van der Waals surface area contributed by atoms with Gasteiger partial charge in [-0.1, -0.05) is 164 Å². The van der Waals surface area contributed by atoms with Crippen LogP contribution >= 0.6 is 0 Å². The largest absolute Gasteiger partial charge is 0.462 e. The lowest BCUT2D eigenvalue weighted by molar-refractivity contribution is -0.332. The molecule has 0 spiro atoms. The standard InChI is InChI=1S/C57H98O15/c1-3-5-7-9-11-13-15-17-19-21-22-24-25-27-29-31-33-35-37-39-48(59)67-42-45(70-49(60)40-38-36-34-32-30-28-26-23-20-18-16-14-12-10-8-6-4-2)43-68-56-55(66)53(64)51(62)47(72-56)44-69-57-54(65)52(63)50(61)46(41-58)71-57/h11,13,17-20,26,28,32,34,45-47,50-58,61-66H,3-10,12,14-16,21-25,27,29-31,33,35-44H2,1-2H3/b13-11+,19-17+,20-18+,28-26+,34-32+/t45-,46+,47+,50-,51-,52?,53?,54?,55?,56+,57+/m0/s1. The Hall–Kier alpha value is -2.80. The zero-order valence-corrected chi connectivity index (χ0v) is 44.1. The minimum Gasteiger partial charge on any atom is -0.462 e. The Morgan fingerprint density at radius 3 is 1.38 bits per heavy atom. The van der Waals surface area contributed by atoms with Gasteiger partial charge in [0.25, 0.3) is 0 Å². The molecule has 2 aliphatic heterocycles. The molecule has 2 fully saturated rings. The second-order valence-electron chi connectivity index (χ2n) is 19.4. The van der Waals surface area contributed by atoms with Crippen LogP contribution < -0.4 is 0 Å². The molecule has 0 bridgehead atoms. The van der Waals surface area contributed by atoms with Gasteiger partial charge in [0.2, 0.25) is 0 Å². The van der Waals surface area contributed by atoms with Crippen LogP contribution in [-0.4, -0.2) is 142 Å². The van der Waals surface area contributed by atoms with Gasteiger partial charge in [-0.2, -0.15) is 0 Å². The fraction of sp³-hybridized carbons (Fsp3) is 0.789. The minimum absolute atomic E-state index is 0.0908. The summed E-state index contributed by atoms with van der Waals surface area (Å²) in [4.78, 5) is 25.8. The first kappa shape index (κ1) is 65.3. The molecule has 7 N–H and O–H groups in total. The number of aliphatic hydroxyl groups is 7. The van der Waals surface area contributed by atoms with Crippen LogP contribution in [0.4, 0.5) is 0 Å². The molecule has 11 atom stereocenters. The van der Waals surface area contributed by atoms with Crippen LogP contribution in [0.15, 0.2) is 60.8 Å². The molecule has 72 heavy (non-hydrogen) atoms. The van der Waals surface area contributed by atoms with Crippen LogP contribution in [0.1, 0.15) is 194 Å². The van der Waals surface area contributed by atoms with Crippen molar-refractivity contribution in [1.82, 2.24) is 0 Å². The lowest BCUT2D eigenvalue weighted by Crippen LogP contribution is -2.61. The van der Waals surface area contributed by atoms with Gasteiger partial charge in [-0.05, 0) is 77.0 Å². The Bertz CT molecular complexity index is 1480. The van der Waals surface area contributed by atoms with Gasteiger partial charge in [0.15, 0.2) is 18.7 Å². The molecule has 0 aromatic carbocycles. The second kappa shape index (κ2) is 43.4. The molecule has 416 valence electrons. The number of carbonyl (C=O) groups is 2. The van der Waals surface area contributed by atoms with E-state index in [2.05, 4.69) is 68.5 Å². The number of hydrogen-bond acceptors (Lipinski definition) is 15. The summed E-state index contributed by atoms with van der Waals surface area (Å²) in [6.07, 6.45) is 33.9. The minimum atomic E-state index is -1.78. The van der Waals surface area contributed by atoms with Crippen molar-refractivity contribution in [2.24, 2.45) is 0 Å². The first-order valence-corrected chi connectivity index (χ1v) is 27.9. The Balaban J connectivity index is 1.80. The monoisotopic (exact) mass is 1020 g/mol. The zero-order chi connectivity index (χ0) is 52.4. The third-order valence-electron chi connectivity index (χ3n) is 13.0. The van der Waals surface area contributed by atoms with Gasteiger partial charge >= 0.3 is 11.9 Å². The van der Waals surface area contributed by atoms with E-state index >= 15 is 0 Å². The van der Waals surface area contributed by atoms with E-state index in [-0.39, 0.29) is 19.4 Å². The van der Waals surface area contributed by atoms with Crippen LogP contribution in [0.2, 0.25) is 0 Å². The van der Waals surface area contributed by atoms with Crippen LogP contribution in [0.25, 0.3) is 0 Å². The van der Waals surface area contributed by atoms with E-state index in [0.717, 1.165) is 51.4 Å². The number of ether oxygens (including phenoxy) is 6. The SMILES string of the molecule is CCCCC/C=C/C/C=C/CCCCCCCCCCCC(=O)OC[C@@H](CO[C@@H]1O[C@H](CO[C@@H]2O[C@H](CO)[C@H](O)C(O)C2O)[C@H](O)C(O)C1O)OC(=O)CCC/C=C/C/C=C/C/C=C/CCCCCCCC. The van der Waals surface area contributed by atoms with Gasteiger partial charge in [-0.3, -0.25) is 9.59 Å². The average Bonchev–Trinajstić information content (AvgIpc) is 3.37. The maximum absolute atomic E-state index is 13.0. The third kappa shape index (κ3) is 30.5. The average molecular weight is 1020 g/mol. The highest BCUT2D eigenvalue weighted by Gasteiger charge is 2.47. The molecule has 0 radical (unpaired) electrons. The lowest BCUT2D eigenvalue weighted by atomic mass is 9.98. The van der Waals surface area contributed by atoms with Crippen molar-refractivity contribution < 1.29 is 73.8 Å². The predicted molar refractivity (Wildman–Crippen MR) is 280 cm³/mol. The predicted octanol–water partition coefficient (Wildman–Crippen LogP) is 8.83. The van der Waals surface area contributed by atoms with Crippen LogP contribution in [-0.2, 0) is 38.0 Å². The number of hydrogen-bond donors (Lipinski definition) is 7. The number of aliphatic hydroxyl groups excluding tert-OH is 7. The van der Waals surface area contributed by atoms with Gasteiger partial charge in [0.1, 0.15) is 55.4 Å². The number of carbonyl (C=O) groups excluding carboxylic acids is 2. The molecule has 0 aromatic heterocycles. The van der Waals surface area contributed by atoms with Crippen molar-refractivity contribution in [2.75, 3.05) is 26.4 Å². The van der Waals surface area contributed by atoms with Crippen molar-refractivity contribution in [2.45, 2.75) is 261 Å². The number of allylic oxidation sites excluding steroid dienone is 10. The summed E-state index contributed by atoms with van der Waals surface area (Å²) < 4.78 is 33.6. The molecule has 15 nitrogen and oxygen atoms in total. The van der Waals surface area contributed by atoms with Gasteiger partial charge in [-0.25, -0.2) is 0 Å². The highest BCUT2D eigenvalue weighted by Crippen LogP contribution is 2.26. The highest BCUT2D eigenvalue weighted by atomic mass is 16.7. The van der Waals surface area contributed by atoms with E-state index in [1.165, 1.54) is 96.3 Å².